The monoisotopic (exact) mass is 421 g/mol. The maximum Gasteiger partial charge on any atom is 0.234 e. The Bertz CT molecular complexity index is 903. The smallest absolute Gasteiger partial charge is 0.234 e. The van der Waals surface area contributed by atoms with Crippen LogP contribution in [0.3, 0.4) is 0 Å². The van der Waals surface area contributed by atoms with Gasteiger partial charge < -0.3 is 4.90 Å². The number of aromatic nitrogens is 1. The number of thiazole rings is 1. The third-order valence-corrected chi connectivity index (χ3v) is 7.04. The van der Waals surface area contributed by atoms with Crippen LogP contribution in [-0.2, 0) is 11.2 Å². The fraction of sp³-hybridized carbons (Fsp3) is 0.400. The van der Waals surface area contributed by atoms with Crippen molar-refractivity contribution in [3.05, 3.63) is 45.1 Å². The van der Waals surface area contributed by atoms with Crippen molar-refractivity contribution >= 4 is 55.5 Å². The summed E-state index contributed by atoms with van der Waals surface area (Å²) in [5.74, 6) is 0.0902. The molecule has 0 aliphatic carbocycles. The number of carbonyl (C=O) groups is 1. The average molecular weight is 422 g/mol. The third-order valence-electron chi connectivity index (χ3n) is 4.71. The second-order valence-electron chi connectivity index (χ2n) is 6.34. The summed E-state index contributed by atoms with van der Waals surface area (Å²) >= 11 is 9.42. The van der Waals surface area contributed by atoms with Crippen molar-refractivity contribution in [3.63, 3.8) is 0 Å². The van der Waals surface area contributed by atoms with E-state index in [2.05, 4.69) is 18.7 Å². The molecule has 0 spiro atoms. The van der Waals surface area contributed by atoms with Gasteiger partial charge in [0.15, 0.2) is 5.13 Å². The number of nitrogens with zero attached hydrogens (tertiary/aromatic N) is 3. The largest absolute Gasteiger partial charge is 0.302 e. The number of benzene rings is 1. The molecule has 27 heavy (non-hydrogen) atoms. The van der Waals surface area contributed by atoms with Gasteiger partial charge in [-0.1, -0.05) is 42.9 Å². The molecule has 0 saturated heterocycles. The standard InChI is InChI=1S/C20H24ClN3OS2/c1-4-23(5-2)10-11-24(18(25)13-15-7-6-12-26-15)20-22-19-14(3)16(21)8-9-17(19)27-20/h6-9,12H,4-5,10-11,13H2,1-3H3. The van der Waals surface area contributed by atoms with E-state index in [4.69, 9.17) is 16.6 Å². The summed E-state index contributed by atoms with van der Waals surface area (Å²) in [4.78, 5) is 23.1. The van der Waals surface area contributed by atoms with Gasteiger partial charge in [-0.05, 0) is 49.2 Å². The van der Waals surface area contributed by atoms with Crippen LogP contribution in [0.4, 0.5) is 5.13 Å². The molecule has 0 N–H and O–H groups in total. The normalized spacial score (nSPS) is 11.4. The fourth-order valence-corrected chi connectivity index (χ4v) is 4.89. The van der Waals surface area contributed by atoms with E-state index < -0.39 is 0 Å². The molecule has 0 radical (unpaired) electrons. The van der Waals surface area contributed by atoms with Gasteiger partial charge in [-0.3, -0.25) is 9.69 Å². The molecule has 0 fully saturated rings. The lowest BCUT2D eigenvalue weighted by molar-refractivity contribution is -0.118. The summed E-state index contributed by atoms with van der Waals surface area (Å²) in [7, 11) is 0. The quantitative estimate of drug-likeness (QED) is 0.499. The zero-order valence-electron chi connectivity index (χ0n) is 15.9. The molecule has 0 aliphatic rings. The van der Waals surface area contributed by atoms with Crippen molar-refractivity contribution in [3.8, 4) is 0 Å². The van der Waals surface area contributed by atoms with Crippen LogP contribution < -0.4 is 4.90 Å². The second-order valence-corrected chi connectivity index (χ2v) is 8.79. The Labute approximate surface area is 173 Å². The molecule has 4 nitrogen and oxygen atoms in total. The molecule has 0 atom stereocenters. The number of amides is 1. The minimum Gasteiger partial charge on any atom is -0.302 e. The number of fused-ring (bicyclic) bond motifs is 1. The predicted octanol–water partition coefficient (Wildman–Crippen LogP) is 5.24. The van der Waals surface area contributed by atoms with E-state index in [-0.39, 0.29) is 5.91 Å². The highest BCUT2D eigenvalue weighted by atomic mass is 35.5. The molecule has 2 heterocycles. The van der Waals surface area contributed by atoms with Crippen LogP contribution >= 0.6 is 34.3 Å². The molecular formula is C20H24ClN3OS2. The van der Waals surface area contributed by atoms with Crippen molar-refractivity contribution in [2.45, 2.75) is 27.2 Å². The molecule has 1 amide bonds. The molecule has 2 aromatic heterocycles. The molecular weight excluding hydrogens is 398 g/mol. The Morgan fingerprint density at radius 3 is 2.63 bits per heavy atom. The van der Waals surface area contributed by atoms with E-state index in [1.54, 1.807) is 22.7 Å². The second kappa shape index (κ2) is 9.15. The first-order chi connectivity index (χ1) is 13.0. The van der Waals surface area contributed by atoms with Crippen LogP contribution in [0.15, 0.2) is 29.6 Å². The fourth-order valence-electron chi connectivity index (χ4n) is 2.97. The van der Waals surface area contributed by atoms with E-state index in [0.717, 1.165) is 45.4 Å². The van der Waals surface area contributed by atoms with Crippen LogP contribution in [0.2, 0.25) is 5.02 Å². The average Bonchev–Trinajstić information content (AvgIpc) is 3.32. The molecule has 0 unspecified atom stereocenters. The Kier molecular flexibility index (Phi) is 6.87. The number of thiophene rings is 1. The zero-order valence-corrected chi connectivity index (χ0v) is 18.3. The van der Waals surface area contributed by atoms with Crippen LogP contribution in [0.25, 0.3) is 10.2 Å². The van der Waals surface area contributed by atoms with Gasteiger partial charge in [-0.15, -0.1) is 11.3 Å². The molecule has 3 rings (SSSR count). The van der Waals surface area contributed by atoms with Crippen LogP contribution in [0.5, 0.6) is 0 Å². The van der Waals surface area contributed by atoms with E-state index in [0.29, 0.717) is 18.0 Å². The number of hydrogen-bond donors (Lipinski definition) is 0. The number of carbonyl (C=O) groups excluding carboxylic acids is 1. The first-order valence-electron chi connectivity index (χ1n) is 9.14. The summed E-state index contributed by atoms with van der Waals surface area (Å²) < 4.78 is 1.06. The number of aryl methyl sites for hydroxylation is 1. The van der Waals surface area contributed by atoms with Gasteiger partial charge in [0.1, 0.15) is 0 Å². The van der Waals surface area contributed by atoms with Gasteiger partial charge in [0.05, 0.1) is 16.6 Å². The lowest BCUT2D eigenvalue weighted by Gasteiger charge is -2.24. The predicted molar refractivity (Wildman–Crippen MR) is 118 cm³/mol. The lowest BCUT2D eigenvalue weighted by Crippen LogP contribution is -2.39. The maximum atomic E-state index is 13.1. The highest BCUT2D eigenvalue weighted by molar-refractivity contribution is 7.22. The van der Waals surface area contributed by atoms with Crippen molar-refractivity contribution in [2.24, 2.45) is 0 Å². The summed E-state index contributed by atoms with van der Waals surface area (Å²) in [6, 6.07) is 7.87. The Hall–Kier alpha value is -1.47. The van der Waals surface area contributed by atoms with Crippen molar-refractivity contribution < 1.29 is 4.79 Å². The highest BCUT2D eigenvalue weighted by Gasteiger charge is 2.21. The first kappa shape index (κ1) is 20.3. The molecule has 144 valence electrons. The van der Waals surface area contributed by atoms with Gasteiger partial charge >= 0.3 is 0 Å². The lowest BCUT2D eigenvalue weighted by atomic mass is 10.2. The summed E-state index contributed by atoms with van der Waals surface area (Å²) in [5.41, 5.74) is 1.85. The van der Waals surface area contributed by atoms with Crippen molar-refractivity contribution in [1.29, 1.82) is 0 Å². The maximum absolute atomic E-state index is 13.1. The van der Waals surface area contributed by atoms with Gasteiger partial charge in [0.25, 0.3) is 0 Å². The molecule has 0 aliphatic heterocycles. The molecule has 0 bridgehead atoms. The molecule has 3 aromatic rings. The minimum atomic E-state index is 0.0902. The van der Waals surface area contributed by atoms with E-state index >= 15 is 0 Å². The van der Waals surface area contributed by atoms with Crippen LogP contribution in [0.1, 0.15) is 24.3 Å². The third kappa shape index (κ3) is 4.69. The number of anilines is 1. The highest BCUT2D eigenvalue weighted by Crippen LogP contribution is 2.33. The zero-order chi connectivity index (χ0) is 19.4. The number of halogens is 1. The Balaban J connectivity index is 1.90. The first-order valence-corrected chi connectivity index (χ1v) is 11.2. The summed E-state index contributed by atoms with van der Waals surface area (Å²) in [6.07, 6.45) is 0.408. The van der Waals surface area contributed by atoms with Gasteiger partial charge in [0, 0.05) is 23.0 Å². The topological polar surface area (TPSA) is 36.4 Å². The Morgan fingerprint density at radius 2 is 1.96 bits per heavy atom. The number of rotatable bonds is 8. The number of likely N-dealkylation sites (N-methyl/N-ethyl adjacent to an activating group) is 1. The van der Waals surface area contributed by atoms with E-state index in [1.165, 1.54) is 0 Å². The van der Waals surface area contributed by atoms with Crippen molar-refractivity contribution in [1.82, 2.24) is 9.88 Å². The SMILES string of the molecule is CCN(CC)CCN(C(=O)Cc1cccs1)c1nc2c(C)c(Cl)ccc2s1. The van der Waals surface area contributed by atoms with E-state index in [1.807, 2.05) is 41.5 Å². The van der Waals surface area contributed by atoms with Gasteiger partial charge in [-0.25, -0.2) is 4.98 Å². The van der Waals surface area contributed by atoms with Crippen LogP contribution in [0, 0.1) is 6.92 Å². The summed E-state index contributed by atoms with van der Waals surface area (Å²) in [5, 5.41) is 3.47. The summed E-state index contributed by atoms with van der Waals surface area (Å²) in [6.45, 7) is 9.67. The molecule has 7 heteroatoms. The van der Waals surface area contributed by atoms with Crippen LogP contribution in [-0.4, -0.2) is 42.0 Å². The van der Waals surface area contributed by atoms with Gasteiger partial charge in [0.2, 0.25) is 5.91 Å². The van der Waals surface area contributed by atoms with E-state index in [9.17, 15) is 4.79 Å². The minimum absolute atomic E-state index is 0.0902. The van der Waals surface area contributed by atoms with Gasteiger partial charge in [-0.2, -0.15) is 0 Å². The Morgan fingerprint density at radius 1 is 1.19 bits per heavy atom. The molecule has 1 aromatic carbocycles. The molecule has 0 saturated carbocycles. The van der Waals surface area contributed by atoms with Crippen molar-refractivity contribution in [2.75, 3.05) is 31.1 Å². The number of hydrogen-bond acceptors (Lipinski definition) is 5.